The highest BCUT2D eigenvalue weighted by Crippen LogP contribution is 2.63. The fourth-order valence-corrected chi connectivity index (χ4v) is 5.99. The summed E-state index contributed by atoms with van der Waals surface area (Å²) in [5.74, 6) is 1.45. The van der Waals surface area contributed by atoms with Crippen LogP contribution in [0.2, 0.25) is 0 Å². The first-order chi connectivity index (χ1) is 10.9. The molecule has 0 aromatic heterocycles. The Balaban J connectivity index is 1.95. The molecule has 0 heterocycles. The van der Waals surface area contributed by atoms with Gasteiger partial charge in [-0.05, 0) is 61.2 Å². The smallest absolute Gasteiger partial charge is 0.106 e. The van der Waals surface area contributed by atoms with E-state index in [9.17, 15) is 0 Å². The first kappa shape index (κ1) is 16.8. The molecule has 3 aliphatic rings. The van der Waals surface area contributed by atoms with Crippen molar-refractivity contribution in [2.75, 3.05) is 7.11 Å². The zero-order chi connectivity index (χ0) is 16.7. The number of rotatable bonds is 3. The second kappa shape index (κ2) is 5.79. The van der Waals surface area contributed by atoms with Crippen LogP contribution in [0.3, 0.4) is 0 Å². The summed E-state index contributed by atoms with van der Waals surface area (Å²) in [4.78, 5) is 5.01. The van der Waals surface area contributed by atoms with Crippen LogP contribution >= 0.6 is 0 Å². The van der Waals surface area contributed by atoms with Gasteiger partial charge < -0.3 is 4.84 Å². The van der Waals surface area contributed by atoms with Gasteiger partial charge in [0.15, 0.2) is 0 Å². The third-order valence-electron chi connectivity index (χ3n) is 7.33. The van der Waals surface area contributed by atoms with E-state index in [4.69, 9.17) is 4.84 Å². The standard InChI is InChI=1S/C21H33NO/c1-6-19(2)13-10-17-16(14-19)8-9-18-20(3,15-22-23-5)11-7-12-21(17,18)4/h6,10,15-16,18H,1,7-9,11-14H2,2-5H3/t16-,18+,19-,20-,21-/m0/s1. The Morgan fingerprint density at radius 1 is 1.26 bits per heavy atom. The van der Waals surface area contributed by atoms with E-state index in [2.05, 4.69) is 50.9 Å². The van der Waals surface area contributed by atoms with Gasteiger partial charge in [0.1, 0.15) is 7.11 Å². The lowest BCUT2D eigenvalue weighted by Crippen LogP contribution is -2.50. The predicted molar refractivity (Wildman–Crippen MR) is 97.4 cm³/mol. The van der Waals surface area contributed by atoms with Gasteiger partial charge in [0, 0.05) is 11.6 Å². The molecule has 0 bridgehead atoms. The van der Waals surface area contributed by atoms with Crippen LogP contribution in [0.1, 0.15) is 65.7 Å². The summed E-state index contributed by atoms with van der Waals surface area (Å²) in [6.07, 6.45) is 15.8. The van der Waals surface area contributed by atoms with Crippen molar-refractivity contribution in [1.82, 2.24) is 0 Å². The Kier molecular flexibility index (Phi) is 4.23. The molecule has 0 unspecified atom stereocenters. The van der Waals surface area contributed by atoms with Gasteiger partial charge in [-0.3, -0.25) is 0 Å². The average Bonchev–Trinajstić information content (AvgIpc) is 2.52. The van der Waals surface area contributed by atoms with Gasteiger partial charge in [0.25, 0.3) is 0 Å². The van der Waals surface area contributed by atoms with E-state index in [0.717, 1.165) is 12.3 Å². The third-order valence-corrected chi connectivity index (χ3v) is 7.33. The maximum atomic E-state index is 5.01. The minimum atomic E-state index is 0.175. The van der Waals surface area contributed by atoms with E-state index in [1.165, 1.54) is 38.5 Å². The van der Waals surface area contributed by atoms with Crippen molar-refractivity contribution in [3.63, 3.8) is 0 Å². The van der Waals surface area contributed by atoms with Crippen molar-refractivity contribution in [3.05, 3.63) is 24.3 Å². The molecule has 0 aromatic carbocycles. The molecule has 0 radical (unpaired) electrons. The number of allylic oxidation sites excluding steroid dienone is 3. The third kappa shape index (κ3) is 2.68. The van der Waals surface area contributed by atoms with Crippen molar-refractivity contribution < 1.29 is 4.84 Å². The minimum absolute atomic E-state index is 0.175. The molecule has 23 heavy (non-hydrogen) atoms. The van der Waals surface area contributed by atoms with Crippen molar-refractivity contribution in [1.29, 1.82) is 0 Å². The molecule has 3 rings (SSSR count). The van der Waals surface area contributed by atoms with E-state index in [1.54, 1.807) is 12.7 Å². The molecule has 0 aliphatic heterocycles. The molecule has 128 valence electrons. The summed E-state index contributed by atoms with van der Waals surface area (Å²) in [6, 6.07) is 0. The van der Waals surface area contributed by atoms with Gasteiger partial charge in [-0.15, -0.1) is 6.58 Å². The van der Waals surface area contributed by atoms with Crippen molar-refractivity contribution in [2.24, 2.45) is 33.2 Å². The molecule has 2 heteroatoms. The topological polar surface area (TPSA) is 21.6 Å². The maximum absolute atomic E-state index is 5.01. The quantitative estimate of drug-likeness (QED) is 0.369. The Labute approximate surface area is 142 Å². The number of hydrogen-bond acceptors (Lipinski definition) is 2. The molecule has 0 aromatic rings. The molecule has 2 nitrogen and oxygen atoms in total. The van der Waals surface area contributed by atoms with E-state index < -0.39 is 0 Å². The number of fused-ring (bicyclic) bond motifs is 3. The second-order valence-corrected chi connectivity index (χ2v) is 8.95. The molecule has 3 aliphatic carbocycles. The molecular formula is C21H33NO. The molecule has 2 saturated carbocycles. The predicted octanol–water partition coefficient (Wildman–Crippen LogP) is 5.75. The molecule has 2 fully saturated rings. The highest BCUT2D eigenvalue weighted by molar-refractivity contribution is 5.66. The summed E-state index contributed by atoms with van der Waals surface area (Å²) in [5, 5.41) is 4.17. The lowest BCUT2D eigenvalue weighted by atomic mass is 9.46. The summed E-state index contributed by atoms with van der Waals surface area (Å²) in [6.45, 7) is 11.4. The fourth-order valence-electron chi connectivity index (χ4n) is 5.99. The Hall–Kier alpha value is -1.05. The summed E-state index contributed by atoms with van der Waals surface area (Å²) in [5.41, 5.74) is 2.57. The van der Waals surface area contributed by atoms with Crippen LogP contribution in [0.15, 0.2) is 29.5 Å². The van der Waals surface area contributed by atoms with Crippen LogP contribution in [0.4, 0.5) is 0 Å². The lowest BCUT2D eigenvalue weighted by molar-refractivity contribution is 0.0124. The number of hydrogen-bond donors (Lipinski definition) is 0. The van der Waals surface area contributed by atoms with Gasteiger partial charge in [-0.2, -0.15) is 0 Å². The summed E-state index contributed by atoms with van der Waals surface area (Å²) in [7, 11) is 1.65. The van der Waals surface area contributed by atoms with Gasteiger partial charge >= 0.3 is 0 Å². The largest absolute Gasteiger partial charge is 0.399 e. The van der Waals surface area contributed by atoms with E-state index in [1.807, 2.05) is 0 Å². The van der Waals surface area contributed by atoms with Crippen LogP contribution in [0, 0.1) is 28.1 Å². The monoisotopic (exact) mass is 315 g/mol. The fraction of sp³-hybridized carbons (Fsp3) is 0.762. The highest BCUT2D eigenvalue weighted by Gasteiger charge is 2.54. The van der Waals surface area contributed by atoms with Crippen molar-refractivity contribution >= 4 is 6.21 Å². The molecule has 0 spiro atoms. The zero-order valence-corrected chi connectivity index (χ0v) is 15.4. The SMILES string of the molecule is C=C[C@@]1(C)CC=C2[C@@H](CC[C@H]3[C@@]2(C)CCC[C@@]3(C)C=NOC)C1. The summed E-state index contributed by atoms with van der Waals surface area (Å²) < 4.78 is 0. The first-order valence-electron chi connectivity index (χ1n) is 9.29. The van der Waals surface area contributed by atoms with E-state index in [0.29, 0.717) is 16.7 Å². The van der Waals surface area contributed by atoms with E-state index >= 15 is 0 Å². The zero-order valence-electron chi connectivity index (χ0n) is 15.4. The van der Waals surface area contributed by atoms with E-state index in [-0.39, 0.29) is 5.41 Å². The summed E-state index contributed by atoms with van der Waals surface area (Å²) >= 11 is 0. The maximum Gasteiger partial charge on any atom is 0.106 e. The van der Waals surface area contributed by atoms with Crippen molar-refractivity contribution in [3.8, 4) is 0 Å². The van der Waals surface area contributed by atoms with Crippen LogP contribution in [0.5, 0.6) is 0 Å². The first-order valence-corrected chi connectivity index (χ1v) is 9.29. The van der Waals surface area contributed by atoms with Crippen molar-refractivity contribution in [2.45, 2.75) is 65.7 Å². The molecule has 0 amide bonds. The normalized spacial score (nSPS) is 46.7. The highest BCUT2D eigenvalue weighted by atomic mass is 16.6. The van der Waals surface area contributed by atoms with Crippen LogP contribution < -0.4 is 0 Å². The number of nitrogens with zero attached hydrogens (tertiary/aromatic N) is 1. The Morgan fingerprint density at radius 3 is 2.74 bits per heavy atom. The molecular weight excluding hydrogens is 282 g/mol. The number of oxime groups is 1. The molecule has 0 saturated heterocycles. The van der Waals surface area contributed by atoms with Crippen LogP contribution in [0.25, 0.3) is 0 Å². The van der Waals surface area contributed by atoms with Crippen LogP contribution in [-0.4, -0.2) is 13.3 Å². The van der Waals surface area contributed by atoms with Gasteiger partial charge in [-0.25, -0.2) is 0 Å². The second-order valence-electron chi connectivity index (χ2n) is 8.95. The van der Waals surface area contributed by atoms with Crippen LogP contribution in [-0.2, 0) is 4.84 Å². The van der Waals surface area contributed by atoms with Gasteiger partial charge in [0.05, 0.1) is 0 Å². The van der Waals surface area contributed by atoms with Gasteiger partial charge in [-0.1, -0.05) is 50.1 Å². The Bertz CT molecular complexity index is 536. The minimum Gasteiger partial charge on any atom is -0.399 e. The molecule has 5 atom stereocenters. The Morgan fingerprint density at radius 2 is 2.04 bits per heavy atom. The lowest BCUT2D eigenvalue weighted by Gasteiger charge is -2.58. The van der Waals surface area contributed by atoms with Gasteiger partial charge in [0.2, 0.25) is 0 Å². The molecule has 0 N–H and O–H groups in total. The average molecular weight is 316 g/mol.